The van der Waals surface area contributed by atoms with Crippen LogP contribution in [0.4, 0.5) is 0 Å². The van der Waals surface area contributed by atoms with E-state index in [1.807, 2.05) is 27.7 Å². The van der Waals surface area contributed by atoms with Crippen LogP contribution in [0, 0.1) is 18.3 Å². The Bertz CT molecular complexity index is 646. The van der Waals surface area contributed by atoms with Crippen molar-refractivity contribution in [1.82, 2.24) is 15.0 Å². The molecule has 0 spiro atoms. The highest BCUT2D eigenvalue weighted by Gasteiger charge is 2.26. The van der Waals surface area contributed by atoms with Crippen molar-refractivity contribution in [2.45, 2.75) is 60.3 Å². The maximum atomic E-state index is 12.2. The molecule has 0 saturated heterocycles. The molecule has 0 amide bonds. The number of ketones is 1. The molecule has 2 aromatic rings. The van der Waals surface area contributed by atoms with Gasteiger partial charge in [0.25, 0.3) is 0 Å². The van der Waals surface area contributed by atoms with Gasteiger partial charge in [0.1, 0.15) is 5.52 Å². The van der Waals surface area contributed by atoms with Gasteiger partial charge in [-0.3, -0.25) is 4.79 Å². The van der Waals surface area contributed by atoms with Gasteiger partial charge < -0.3 is 4.98 Å². The van der Waals surface area contributed by atoms with E-state index in [-0.39, 0.29) is 5.78 Å². The number of hydrogen-bond donors (Lipinski definition) is 1. The molecule has 1 aliphatic carbocycles. The van der Waals surface area contributed by atoms with E-state index in [4.69, 9.17) is 0 Å². The molecule has 0 aromatic carbocycles. The summed E-state index contributed by atoms with van der Waals surface area (Å²) in [7, 11) is 0. The van der Waals surface area contributed by atoms with Gasteiger partial charge in [0.05, 0.1) is 17.5 Å². The zero-order valence-electron chi connectivity index (χ0n) is 14.4. The molecule has 3 rings (SSSR count). The van der Waals surface area contributed by atoms with E-state index in [0.717, 1.165) is 11.6 Å². The third-order valence-electron chi connectivity index (χ3n) is 4.07. The van der Waals surface area contributed by atoms with Crippen LogP contribution in [0.5, 0.6) is 0 Å². The SMILES string of the molecule is CC1CCCC1.Cc1cnc2[nH]cc(C(=O)C(C)(C)C)c2n1. The second-order valence-corrected chi connectivity index (χ2v) is 7.38. The Morgan fingerprint density at radius 1 is 1.27 bits per heavy atom. The van der Waals surface area contributed by atoms with Gasteiger partial charge in [-0.2, -0.15) is 0 Å². The predicted molar refractivity (Wildman–Crippen MR) is 90.0 cm³/mol. The Kier molecular flexibility index (Phi) is 4.99. The van der Waals surface area contributed by atoms with Crippen molar-refractivity contribution in [3.8, 4) is 0 Å². The maximum Gasteiger partial charge on any atom is 0.171 e. The van der Waals surface area contributed by atoms with E-state index < -0.39 is 5.41 Å². The molecular formula is C18H27N3O. The third kappa shape index (κ3) is 3.93. The van der Waals surface area contributed by atoms with Crippen LogP contribution in [0.1, 0.15) is 69.4 Å². The lowest BCUT2D eigenvalue weighted by molar-refractivity contribution is 0.0860. The molecule has 4 nitrogen and oxygen atoms in total. The Balaban J connectivity index is 0.000000246. The second-order valence-electron chi connectivity index (χ2n) is 7.38. The van der Waals surface area contributed by atoms with Crippen LogP contribution in [-0.4, -0.2) is 20.7 Å². The van der Waals surface area contributed by atoms with E-state index in [1.165, 1.54) is 25.7 Å². The highest BCUT2D eigenvalue weighted by molar-refractivity contribution is 6.08. The van der Waals surface area contributed by atoms with Gasteiger partial charge in [0.15, 0.2) is 11.4 Å². The average molecular weight is 301 g/mol. The molecule has 4 heteroatoms. The summed E-state index contributed by atoms with van der Waals surface area (Å²) in [4.78, 5) is 23.7. The molecule has 1 aliphatic rings. The zero-order valence-corrected chi connectivity index (χ0v) is 14.4. The number of aromatic nitrogens is 3. The fraction of sp³-hybridized carbons (Fsp3) is 0.611. The zero-order chi connectivity index (χ0) is 16.3. The number of H-pyrrole nitrogens is 1. The monoisotopic (exact) mass is 301 g/mol. The summed E-state index contributed by atoms with van der Waals surface area (Å²) >= 11 is 0. The lowest BCUT2D eigenvalue weighted by atomic mass is 9.87. The van der Waals surface area contributed by atoms with Crippen LogP contribution in [-0.2, 0) is 0 Å². The topological polar surface area (TPSA) is 58.6 Å². The van der Waals surface area contributed by atoms with Gasteiger partial charge in [-0.25, -0.2) is 9.97 Å². The van der Waals surface area contributed by atoms with E-state index in [1.54, 1.807) is 12.4 Å². The molecule has 0 aliphatic heterocycles. The van der Waals surface area contributed by atoms with E-state index >= 15 is 0 Å². The number of carbonyl (C=O) groups is 1. The minimum absolute atomic E-state index is 0.0821. The van der Waals surface area contributed by atoms with Gasteiger partial charge in [-0.15, -0.1) is 0 Å². The van der Waals surface area contributed by atoms with E-state index in [0.29, 0.717) is 16.7 Å². The second kappa shape index (κ2) is 6.59. The lowest BCUT2D eigenvalue weighted by Crippen LogP contribution is -2.20. The Labute approximate surface area is 132 Å². The molecule has 0 atom stereocenters. The minimum atomic E-state index is -0.402. The molecule has 0 unspecified atom stereocenters. The lowest BCUT2D eigenvalue weighted by Gasteiger charge is -2.15. The summed E-state index contributed by atoms with van der Waals surface area (Å²) in [5.74, 6) is 1.13. The Hall–Kier alpha value is -1.71. The molecule has 0 radical (unpaired) electrons. The van der Waals surface area contributed by atoms with Crippen LogP contribution >= 0.6 is 0 Å². The first-order chi connectivity index (χ1) is 10.3. The molecule has 22 heavy (non-hydrogen) atoms. The molecule has 1 N–H and O–H groups in total. The highest BCUT2D eigenvalue weighted by Crippen LogP contribution is 2.25. The summed E-state index contributed by atoms with van der Waals surface area (Å²) in [6, 6.07) is 0. The number of nitrogens with zero attached hydrogens (tertiary/aromatic N) is 2. The van der Waals surface area contributed by atoms with Crippen LogP contribution in [0.15, 0.2) is 12.4 Å². The van der Waals surface area contributed by atoms with Crippen molar-refractivity contribution in [1.29, 1.82) is 0 Å². The number of nitrogens with one attached hydrogen (secondary N) is 1. The molecule has 0 bridgehead atoms. The largest absolute Gasteiger partial charge is 0.344 e. The number of rotatable bonds is 1. The fourth-order valence-electron chi connectivity index (χ4n) is 2.69. The van der Waals surface area contributed by atoms with E-state index in [2.05, 4.69) is 21.9 Å². The molecule has 2 aromatic heterocycles. The van der Waals surface area contributed by atoms with Crippen molar-refractivity contribution in [3.63, 3.8) is 0 Å². The number of aromatic amines is 1. The minimum Gasteiger partial charge on any atom is -0.344 e. The first-order valence-corrected chi connectivity index (χ1v) is 8.14. The van der Waals surface area contributed by atoms with Gasteiger partial charge >= 0.3 is 0 Å². The molecule has 2 heterocycles. The van der Waals surface area contributed by atoms with Gasteiger partial charge in [0.2, 0.25) is 0 Å². The number of fused-ring (bicyclic) bond motifs is 1. The average Bonchev–Trinajstić information content (AvgIpc) is 3.06. The Morgan fingerprint density at radius 3 is 2.41 bits per heavy atom. The van der Waals surface area contributed by atoms with Crippen LogP contribution < -0.4 is 0 Å². The maximum absolute atomic E-state index is 12.2. The summed E-state index contributed by atoms with van der Waals surface area (Å²) in [6.45, 7) is 9.91. The van der Waals surface area contributed by atoms with Crippen molar-refractivity contribution in [2.75, 3.05) is 0 Å². The van der Waals surface area contributed by atoms with Crippen molar-refractivity contribution >= 4 is 16.9 Å². The number of hydrogen-bond acceptors (Lipinski definition) is 3. The van der Waals surface area contributed by atoms with Crippen LogP contribution in [0.3, 0.4) is 0 Å². The molecule has 1 fully saturated rings. The van der Waals surface area contributed by atoms with Crippen molar-refractivity contribution in [2.24, 2.45) is 11.3 Å². The smallest absolute Gasteiger partial charge is 0.171 e. The molecular weight excluding hydrogens is 274 g/mol. The first-order valence-electron chi connectivity index (χ1n) is 8.14. The first kappa shape index (κ1) is 16.7. The normalized spacial score (nSPS) is 15.7. The summed E-state index contributed by atoms with van der Waals surface area (Å²) in [5.41, 5.74) is 2.37. The highest BCUT2D eigenvalue weighted by atomic mass is 16.1. The third-order valence-corrected chi connectivity index (χ3v) is 4.07. The Morgan fingerprint density at radius 2 is 1.91 bits per heavy atom. The van der Waals surface area contributed by atoms with Crippen molar-refractivity contribution < 1.29 is 4.79 Å². The van der Waals surface area contributed by atoms with Gasteiger partial charge in [-0.1, -0.05) is 53.4 Å². The van der Waals surface area contributed by atoms with Crippen molar-refractivity contribution in [3.05, 3.63) is 23.7 Å². The van der Waals surface area contributed by atoms with Gasteiger partial charge in [0, 0.05) is 11.6 Å². The molecule has 1 saturated carbocycles. The summed E-state index contributed by atoms with van der Waals surface area (Å²) in [5, 5.41) is 0. The standard InChI is InChI=1S/C12H15N3O.C6H12/c1-7-5-13-11-9(15-7)8(6-14-11)10(16)12(2,3)4;1-6-4-2-3-5-6/h5-6H,1-4H3,(H,13,14);6H,2-5H2,1H3. The van der Waals surface area contributed by atoms with Crippen LogP contribution in [0.25, 0.3) is 11.2 Å². The number of aryl methyl sites for hydroxylation is 1. The molecule has 120 valence electrons. The number of carbonyl (C=O) groups excluding carboxylic acids is 1. The number of Topliss-reactive ketones (excluding diaryl/α,β-unsaturated/α-hetero) is 1. The van der Waals surface area contributed by atoms with Gasteiger partial charge in [-0.05, 0) is 12.8 Å². The van der Waals surface area contributed by atoms with Crippen LogP contribution in [0.2, 0.25) is 0 Å². The predicted octanol–water partition coefficient (Wildman–Crippen LogP) is 4.69. The quantitative estimate of drug-likeness (QED) is 0.777. The fourth-order valence-corrected chi connectivity index (χ4v) is 2.69. The summed E-state index contributed by atoms with van der Waals surface area (Å²) in [6.07, 6.45) is 9.32. The van der Waals surface area contributed by atoms with E-state index in [9.17, 15) is 4.79 Å². The summed E-state index contributed by atoms with van der Waals surface area (Å²) < 4.78 is 0.